The molecule has 0 saturated carbocycles. The lowest BCUT2D eigenvalue weighted by Gasteiger charge is -2.12. The van der Waals surface area contributed by atoms with E-state index in [1.54, 1.807) is 31.2 Å². The van der Waals surface area contributed by atoms with Gasteiger partial charge >= 0.3 is 5.97 Å². The minimum absolute atomic E-state index is 0.0701. The fourth-order valence-corrected chi connectivity index (χ4v) is 2.47. The molecule has 0 aliphatic carbocycles. The summed E-state index contributed by atoms with van der Waals surface area (Å²) in [4.78, 5) is 11.5. The SMILES string of the molecule is Cc1ccc(-c2ccc(C(=O)O)c(Nc3ccc(F)cc3)c2)cc1F. The topological polar surface area (TPSA) is 49.3 Å². The van der Waals surface area contributed by atoms with Crippen molar-refractivity contribution in [1.29, 1.82) is 0 Å². The van der Waals surface area contributed by atoms with Crippen molar-refractivity contribution >= 4 is 17.3 Å². The first kappa shape index (κ1) is 16.6. The lowest BCUT2D eigenvalue weighted by Crippen LogP contribution is -2.03. The van der Waals surface area contributed by atoms with Crippen molar-refractivity contribution in [3.05, 3.63) is 83.4 Å². The van der Waals surface area contributed by atoms with Crippen molar-refractivity contribution in [2.75, 3.05) is 5.32 Å². The van der Waals surface area contributed by atoms with Gasteiger partial charge in [-0.3, -0.25) is 0 Å². The number of carboxylic acids is 1. The highest BCUT2D eigenvalue weighted by Gasteiger charge is 2.12. The molecule has 3 rings (SSSR count). The number of rotatable bonds is 4. The number of hydrogen-bond donors (Lipinski definition) is 2. The Bertz CT molecular complexity index is 937. The summed E-state index contributed by atoms with van der Waals surface area (Å²) < 4.78 is 26.8. The number of benzene rings is 3. The van der Waals surface area contributed by atoms with Crippen LogP contribution in [0.15, 0.2) is 60.7 Å². The highest BCUT2D eigenvalue weighted by Crippen LogP contribution is 2.29. The van der Waals surface area contributed by atoms with Crippen LogP contribution < -0.4 is 5.32 Å². The van der Waals surface area contributed by atoms with E-state index >= 15 is 0 Å². The van der Waals surface area contributed by atoms with Crippen molar-refractivity contribution in [1.82, 2.24) is 0 Å². The Kier molecular flexibility index (Phi) is 4.48. The second-order valence-corrected chi connectivity index (χ2v) is 5.66. The number of hydrogen-bond acceptors (Lipinski definition) is 2. The van der Waals surface area contributed by atoms with Crippen molar-refractivity contribution < 1.29 is 18.7 Å². The Hall–Kier alpha value is -3.21. The largest absolute Gasteiger partial charge is 0.478 e. The third-order valence-electron chi connectivity index (χ3n) is 3.88. The number of aromatic carboxylic acids is 1. The van der Waals surface area contributed by atoms with Crippen LogP contribution in [-0.4, -0.2) is 11.1 Å². The van der Waals surface area contributed by atoms with E-state index in [0.29, 0.717) is 28.1 Å². The molecule has 25 heavy (non-hydrogen) atoms. The molecule has 0 spiro atoms. The van der Waals surface area contributed by atoms with Gasteiger partial charge in [-0.1, -0.05) is 18.2 Å². The summed E-state index contributed by atoms with van der Waals surface area (Å²) in [6.45, 7) is 1.67. The van der Waals surface area contributed by atoms with Crippen LogP contribution in [0, 0.1) is 18.6 Å². The van der Waals surface area contributed by atoms with Gasteiger partial charge in [0.15, 0.2) is 0 Å². The van der Waals surface area contributed by atoms with E-state index in [0.717, 1.165) is 0 Å². The molecular weight excluding hydrogens is 324 g/mol. The van der Waals surface area contributed by atoms with Crippen LogP contribution in [0.2, 0.25) is 0 Å². The first-order chi connectivity index (χ1) is 11.9. The van der Waals surface area contributed by atoms with Gasteiger partial charge in [-0.2, -0.15) is 0 Å². The maximum absolute atomic E-state index is 13.8. The van der Waals surface area contributed by atoms with E-state index in [-0.39, 0.29) is 17.2 Å². The van der Waals surface area contributed by atoms with Crippen molar-refractivity contribution in [3.8, 4) is 11.1 Å². The molecule has 5 heteroatoms. The van der Waals surface area contributed by atoms with E-state index in [9.17, 15) is 18.7 Å². The molecule has 0 fully saturated rings. The monoisotopic (exact) mass is 339 g/mol. The third kappa shape index (κ3) is 3.66. The van der Waals surface area contributed by atoms with Gasteiger partial charge in [-0.15, -0.1) is 0 Å². The number of halogens is 2. The number of carbonyl (C=O) groups is 1. The van der Waals surface area contributed by atoms with Crippen molar-refractivity contribution in [2.45, 2.75) is 6.92 Å². The smallest absolute Gasteiger partial charge is 0.337 e. The van der Waals surface area contributed by atoms with Crippen LogP contribution in [0.5, 0.6) is 0 Å². The predicted molar refractivity (Wildman–Crippen MR) is 93.2 cm³/mol. The Morgan fingerprint density at radius 1 is 0.920 bits per heavy atom. The molecule has 126 valence electrons. The fraction of sp³-hybridized carbons (Fsp3) is 0.0500. The molecule has 3 nitrogen and oxygen atoms in total. The molecule has 0 saturated heterocycles. The zero-order chi connectivity index (χ0) is 18.0. The highest BCUT2D eigenvalue weighted by atomic mass is 19.1. The Morgan fingerprint density at radius 2 is 1.56 bits per heavy atom. The Morgan fingerprint density at radius 3 is 2.20 bits per heavy atom. The summed E-state index contributed by atoms with van der Waals surface area (Å²) >= 11 is 0. The first-order valence-corrected chi connectivity index (χ1v) is 7.60. The van der Waals surface area contributed by atoms with Crippen LogP contribution in [0.4, 0.5) is 20.2 Å². The van der Waals surface area contributed by atoms with Crippen LogP contribution in [0.3, 0.4) is 0 Å². The van der Waals surface area contributed by atoms with Crippen LogP contribution >= 0.6 is 0 Å². The number of carboxylic acid groups (broad SMARTS) is 1. The minimum atomic E-state index is -1.09. The second kappa shape index (κ2) is 6.73. The molecule has 0 radical (unpaired) electrons. The minimum Gasteiger partial charge on any atom is -0.478 e. The molecule has 0 unspecified atom stereocenters. The van der Waals surface area contributed by atoms with Crippen LogP contribution in [0.1, 0.15) is 15.9 Å². The molecule has 0 heterocycles. The lowest BCUT2D eigenvalue weighted by molar-refractivity contribution is 0.0698. The highest BCUT2D eigenvalue weighted by molar-refractivity contribution is 5.96. The average molecular weight is 339 g/mol. The number of anilines is 2. The van der Waals surface area contributed by atoms with Crippen molar-refractivity contribution in [3.63, 3.8) is 0 Å². The maximum Gasteiger partial charge on any atom is 0.337 e. The van der Waals surface area contributed by atoms with Gasteiger partial charge in [0, 0.05) is 5.69 Å². The molecule has 0 atom stereocenters. The molecule has 0 aromatic heterocycles. The van der Waals surface area contributed by atoms with Crippen LogP contribution in [0.25, 0.3) is 11.1 Å². The summed E-state index contributed by atoms with van der Waals surface area (Å²) in [7, 11) is 0. The number of nitrogens with one attached hydrogen (secondary N) is 1. The predicted octanol–water partition coefficient (Wildman–Crippen LogP) is 5.38. The zero-order valence-corrected chi connectivity index (χ0v) is 13.4. The van der Waals surface area contributed by atoms with Gasteiger partial charge in [0.2, 0.25) is 0 Å². The van der Waals surface area contributed by atoms with Crippen molar-refractivity contribution in [2.24, 2.45) is 0 Å². The lowest BCUT2D eigenvalue weighted by atomic mass is 10.0. The Labute approximate surface area is 143 Å². The molecule has 0 aliphatic heterocycles. The number of aryl methyl sites for hydroxylation is 1. The van der Waals surface area contributed by atoms with E-state index in [1.807, 2.05) is 0 Å². The average Bonchev–Trinajstić information content (AvgIpc) is 2.59. The summed E-state index contributed by atoms with van der Waals surface area (Å²) in [6.07, 6.45) is 0. The standard InChI is InChI=1S/C20H15F2NO2/c1-12-2-3-13(10-18(12)22)14-4-9-17(20(24)25)19(11-14)23-16-7-5-15(21)6-8-16/h2-11,23H,1H3,(H,24,25). The fourth-order valence-electron chi connectivity index (χ4n) is 2.47. The van der Waals surface area contributed by atoms with Crippen LogP contribution in [-0.2, 0) is 0 Å². The molecule has 2 N–H and O–H groups in total. The van der Waals surface area contributed by atoms with E-state index < -0.39 is 5.97 Å². The van der Waals surface area contributed by atoms with E-state index in [4.69, 9.17) is 0 Å². The Balaban J connectivity index is 2.03. The molecule has 3 aromatic rings. The van der Waals surface area contributed by atoms with Gasteiger partial charge < -0.3 is 10.4 Å². The summed E-state index contributed by atoms with van der Waals surface area (Å²) in [5, 5.41) is 12.3. The zero-order valence-electron chi connectivity index (χ0n) is 13.4. The normalized spacial score (nSPS) is 10.5. The molecule has 0 amide bonds. The molecule has 0 bridgehead atoms. The quantitative estimate of drug-likeness (QED) is 0.671. The van der Waals surface area contributed by atoms with Gasteiger partial charge in [0.05, 0.1) is 11.3 Å². The maximum atomic E-state index is 13.8. The third-order valence-corrected chi connectivity index (χ3v) is 3.88. The van der Waals surface area contributed by atoms with Gasteiger partial charge in [0.1, 0.15) is 11.6 Å². The van der Waals surface area contributed by atoms with Gasteiger partial charge in [-0.05, 0) is 66.1 Å². The van der Waals surface area contributed by atoms with E-state index in [1.165, 1.54) is 36.4 Å². The van der Waals surface area contributed by atoms with E-state index in [2.05, 4.69) is 5.32 Å². The molecule has 3 aromatic carbocycles. The second-order valence-electron chi connectivity index (χ2n) is 5.66. The first-order valence-electron chi connectivity index (χ1n) is 7.60. The molecular formula is C20H15F2NO2. The summed E-state index contributed by atoms with van der Waals surface area (Å²) in [5.41, 5.74) is 2.82. The summed E-state index contributed by atoms with van der Waals surface area (Å²) in [5.74, 6) is -1.80. The summed E-state index contributed by atoms with van der Waals surface area (Å²) in [6, 6.07) is 15.2. The van der Waals surface area contributed by atoms with Gasteiger partial charge in [0.25, 0.3) is 0 Å². The molecule has 0 aliphatic rings. The van der Waals surface area contributed by atoms with Gasteiger partial charge in [-0.25, -0.2) is 13.6 Å².